The molecular weight excluding hydrogens is 383 g/mol. The molecule has 154 valence electrons. The van der Waals surface area contributed by atoms with Crippen LogP contribution in [0.4, 0.5) is 0 Å². The molecule has 2 rings (SSSR count). The number of aromatic nitrogens is 2. The molecule has 0 saturated carbocycles. The quantitative estimate of drug-likeness (QED) is 0.475. The van der Waals surface area contributed by atoms with Crippen LogP contribution in [0, 0.1) is 6.92 Å². The highest BCUT2D eigenvalue weighted by atomic mass is 31.1. The number of aliphatic hydroxyl groups is 1. The van der Waals surface area contributed by atoms with Crippen molar-refractivity contribution >= 4 is 8.25 Å². The Bertz CT molecular complexity index is 779. The van der Waals surface area contributed by atoms with Crippen molar-refractivity contribution < 1.29 is 33.3 Å². The fraction of sp³-hybridized carbons (Fsp3) is 0.733. The molecule has 0 bridgehead atoms. The number of aromatic amines is 1. The minimum atomic E-state index is -3.38. The molecule has 1 aromatic heterocycles. The Balaban J connectivity index is 2.46. The summed E-state index contributed by atoms with van der Waals surface area (Å²) in [7, 11) is -1.88. The summed E-state index contributed by atoms with van der Waals surface area (Å²) in [6, 6.07) is 0. The number of ether oxygens (including phenoxy) is 3. The molecule has 1 aliphatic heterocycles. The number of aliphatic hydroxyl groups excluding tert-OH is 1. The van der Waals surface area contributed by atoms with E-state index in [0.29, 0.717) is 0 Å². The molecule has 0 aliphatic carbocycles. The fourth-order valence-electron chi connectivity index (χ4n) is 2.81. The SMILES string of the molecule is CO[C@H](C)[C@H](C)OC1[C@@H](O[PH](=O)O)[C@@H](CO)O[C@H]1n1cc(C)c(=O)[nH]c1=O. The lowest BCUT2D eigenvalue weighted by atomic mass is 10.1. The molecule has 0 spiro atoms. The summed E-state index contributed by atoms with van der Waals surface area (Å²) in [6.07, 6.45) is -3.75. The van der Waals surface area contributed by atoms with Gasteiger partial charge in [-0.05, 0) is 20.8 Å². The molecule has 11 nitrogen and oxygen atoms in total. The Hall–Kier alpha value is -1.33. The summed E-state index contributed by atoms with van der Waals surface area (Å²) in [6.45, 7) is 4.47. The minimum Gasteiger partial charge on any atom is -0.394 e. The van der Waals surface area contributed by atoms with E-state index in [1.54, 1.807) is 13.8 Å². The molecule has 12 heteroatoms. The van der Waals surface area contributed by atoms with E-state index in [9.17, 15) is 24.2 Å². The average Bonchev–Trinajstić information content (AvgIpc) is 2.94. The van der Waals surface area contributed by atoms with Crippen LogP contribution in [-0.2, 0) is 23.3 Å². The maximum absolute atomic E-state index is 12.3. The predicted octanol–water partition coefficient (Wildman–Crippen LogP) is -0.689. The first-order valence-electron chi connectivity index (χ1n) is 8.35. The van der Waals surface area contributed by atoms with Crippen molar-refractivity contribution in [3.63, 3.8) is 0 Å². The van der Waals surface area contributed by atoms with Crippen LogP contribution >= 0.6 is 8.25 Å². The van der Waals surface area contributed by atoms with Crippen LogP contribution in [0.3, 0.4) is 0 Å². The summed E-state index contributed by atoms with van der Waals surface area (Å²) >= 11 is 0. The zero-order valence-electron chi connectivity index (χ0n) is 15.4. The van der Waals surface area contributed by atoms with Gasteiger partial charge >= 0.3 is 13.9 Å². The van der Waals surface area contributed by atoms with Gasteiger partial charge in [-0.1, -0.05) is 0 Å². The number of H-pyrrole nitrogens is 1. The maximum atomic E-state index is 12.3. The second kappa shape index (κ2) is 9.24. The first-order chi connectivity index (χ1) is 12.7. The third kappa shape index (κ3) is 4.94. The van der Waals surface area contributed by atoms with E-state index >= 15 is 0 Å². The number of aryl methyl sites for hydroxylation is 1. The Morgan fingerprint density at radius 1 is 1.33 bits per heavy atom. The number of methoxy groups -OCH3 is 1. The largest absolute Gasteiger partial charge is 0.394 e. The van der Waals surface area contributed by atoms with Gasteiger partial charge in [0.15, 0.2) is 6.23 Å². The van der Waals surface area contributed by atoms with Gasteiger partial charge in [0.25, 0.3) is 5.56 Å². The lowest BCUT2D eigenvalue weighted by Gasteiger charge is -2.29. The van der Waals surface area contributed by atoms with Gasteiger partial charge in [0.05, 0.1) is 18.8 Å². The lowest BCUT2D eigenvalue weighted by molar-refractivity contribution is -0.127. The number of nitrogens with zero attached hydrogens (tertiary/aromatic N) is 1. The molecule has 0 amide bonds. The average molecular weight is 408 g/mol. The smallest absolute Gasteiger partial charge is 0.330 e. The van der Waals surface area contributed by atoms with E-state index in [2.05, 4.69) is 4.98 Å². The van der Waals surface area contributed by atoms with Crippen molar-refractivity contribution in [2.24, 2.45) is 0 Å². The third-order valence-corrected chi connectivity index (χ3v) is 5.00. The Morgan fingerprint density at radius 2 is 2.00 bits per heavy atom. The van der Waals surface area contributed by atoms with Gasteiger partial charge in [-0.3, -0.25) is 18.9 Å². The van der Waals surface area contributed by atoms with E-state index in [1.165, 1.54) is 20.2 Å². The molecule has 0 aromatic carbocycles. The van der Waals surface area contributed by atoms with Crippen molar-refractivity contribution in [3.05, 3.63) is 32.6 Å². The zero-order chi connectivity index (χ0) is 20.3. The topological polar surface area (TPSA) is 149 Å². The Labute approximate surface area is 155 Å². The summed E-state index contributed by atoms with van der Waals surface area (Å²) < 4.78 is 34.3. The molecule has 1 saturated heterocycles. The summed E-state index contributed by atoms with van der Waals surface area (Å²) in [4.78, 5) is 35.3. The van der Waals surface area contributed by atoms with Crippen LogP contribution in [0.5, 0.6) is 0 Å². The zero-order valence-corrected chi connectivity index (χ0v) is 16.4. The second-order valence-corrected chi connectivity index (χ2v) is 7.09. The van der Waals surface area contributed by atoms with Crippen LogP contribution in [-0.4, -0.2) is 63.8 Å². The Morgan fingerprint density at radius 3 is 2.56 bits per heavy atom. The van der Waals surface area contributed by atoms with Gasteiger partial charge in [-0.2, -0.15) is 0 Å². The molecule has 2 heterocycles. The van der Waals surface area contributed by atoms with Crippen LogP contribution in [0.15, 0.2) is 15.8 Å². The van der Waals surface area contributed by atoms with Gasteiger partial charge in [0, 0.05) is 18.9 Å². The Kier molecular flexibility index (Phi) is 7.52. The van der Waals surface area contributed by atoms with Gasteiger partial charge in [0.2, 0.25) is 0 Å². The molecule has 2 unspecified atom stereocenters. The molecule has 1 aromatic rings. The third-order valence-electron chi connectivity index (χ3n) is 4.53. The van der Waals surface area contributed by atoms with Crippen LogP contribution < -0.4 is 11.2 Å². The van der Waals surface area contributed by atoms with Crippen LogP contribution in [0.2, 0.25) is 0 Å². The first kappa shape index (κ1) is 22.0. The standard InChI is InChI=1S/C15H25N2O9P/c1-7-5-17(15(20)16-13(7)19)14-12(24-9(3)8(2)23-4)11(26-27(21)22)10(6-18)25-14/h5,8-12,14,18,27H,6H2,1-4H3,(H,21,22)(H,16,19,20)/t8-,9+,10-,11+,12?,14-/m1/s1. The number of hydrogen-bond donors (Lipinski definition) is 3. The van der Waals surface area contributed by atoms with Crippen LogP contribution in [0.1, 0.15) is 25.6 Å². The fourth-order valence-corrected chi connectivity index (χ4v) is 3.33. The van der Waals surface area contributed by atoms with Gasteiger partial charge in [0.1, 0.15) is 18.3 Å². The number of hydrogen-bond acceptors (Lipinski definition) is 8. The summed E-state index contributed by atoms with van der Waals surface area (Å²) in [5, 5.41) is 9.59. The lowest BCUT2D eigenvalue weighted by Crippen LogP contribution is -2.43. The van der Waals surface area contributed by atoms with Crippen molar-refractivity contribution in [2.75, 3.05) is 13.7 Å². The molecule has 7 atom stereocenters. The van der Waals surface area contributed by atoms with Crippen molar-refractivity contribution in [1.29, 1.82) is 0 Å². The van der Waals surface area contributed by atoms with Gasteiger partial charge in [-0.15, -0.1) is 0 Å². The minimum absolute atomic E-state index is 0.260. The number of nitrogens with one attached hydrogen (secondary N) is 1. The van der Waals surface area contributed by atoms with Gasteiger partial charge in [-0.25, -0.2) is 4.79 Å². The monoisotopic (exact) mass is 408 g/mol. The predicted molar refractivity (Wildman–Crippen MR) is 94.0 cm³/mol. The van der Waals surface area contributed by atoms with Crippen LogP contribution in [0.25, 0.3) is 0 Å². The first-order valence-corrected chi connectivity index (χ1v) is 9.62. The van der Waals surface area contributed by atoms with E-state index in [-0.39, 0.29) is 11.7 Å². The van der Waals surface area contributed by atoms with Crippen molar-refractivity contribution in [2.45, 2.75) is 57.5 Å². The van der Waals surface area contributed by atoms with E-state index in [4.69, 9.17) is 18.7 Å². The van der Waals surface area contributed by atoms with E-state index < -0.39 is 56.8 Å². The molecule has 3 N–H and O–H groups in total. The molecule has 0 radical (unpaired) electrons. The highest BCUT2D eigenvalue weighted by Gasteiger charge is 2.49. The molecule has 1 aliphatic rings. The normalized spacial score (nSPS) is 28.8. The summed E-state index contributed by atoms with van der Waals surface area (Å²) in [5.41, 5.74) is -1.03. The molecular formula is C15H25N2O9P. The maximum Gasteiger partial charge on any atom is 0.330 e. The van der Waals surface area contributed by atoms with E-state index in [1.807, 2.05) is 0 Å². The second-order valence-electron chi connectivity index (χ2n) is 6.32. The van der Waals surface area contributed by atoms with E-state index in [0.717, 1.165) is 4.57 Å². The van der Waals surface area contributed by atoms with Crippen molar-refractivity contribution in [3.8, 4) is 0 Å². The highest BCUT2D eigenvalue weighted by molar-refractivity contribution is 7.32. The molecule has 1 fully saturated rings. The highest BCUT2D eigenvalue weighted by Crippen LogP contribution is 2.37. The van der Waals surface area contributed by atoms with Gasteiger partial charge < -0.3 is 28.7 Å². The number of rotatable bonds is 8. The van der Waals surface area contributed by atoms with Crippen molar-refractivity contribution in [1.82, 2.24) is 9.55 Å². The molecule has 27 heavy (non-hydrogen) atoms. The summed E-state index contributed by atoms with van der Waals surface area (Å²) in [5.74, 6) is 0.